The van der Waals surface area contributed by atoms with E-state index >= 15 is 0 Å². The maximum absolute atomic E-state index is 2.32. The number of benzene rings is 3. The number of hydrogen-bond acceptors (Lipinski definition) is 1. The molecule has 0 saturated carbocycles. The van der Waals surface area contributed by atoms with E-state index in [-0.39, 0.29) is 34.0 Å². The molecule has 0 saturated heterocycles. The van der Waals surface area contributed by atoms with Gasteiger partial charge in [-0.2, -0.15) is 0 Å². The first kappa shape index (κ1) is 24.0. The van der Waals surface area contributed by atoms with Crippen molar-refractivity contribution in [1.29, 1.82) is 0 Å². The van der Waals surface area contributed by atoms with E-state index in [4.69, 9.17) is 0 Å². The molecule has 4 heteroatoms. The monoisotopic (exact) mass is 507 g/mol. The van der Waals surface area contributed by atoms with Crippen molar-refractivity contribution >= 4 is 40.2 Å². The van der Waals surface area contributed by atoms with Gasteiger partial charge in [0.1, 0.15) is 23.2 Å². The third-order valence-corrected chi connectivity index (χ3v) is 9.22. The quantitative estimate of drug-likeness (QED) is 0.437. The number of rotatable bonds is 7. The molecule has 0 heterocycles. The van der Waals surface area contributed by atoms with Crippen molar-refractivity contribution in [2.24, 2.45) is 0 Å². The average molecular weight is 509 g/mol. The molecule has 0 unspecified atom stereocenters. The van der Waals surface area contributed by atoms with Gasteiger partial charge in [0.15, 0.2) is 0 Å². The lowest BCUT2D eigenvalue weighted by Crippen LogP contribution is -3.00. The zero-order valence-electron chi connectivity index (χ0n) is 16.0. The number of hydrogen-bond donors (Lipinski definition) is 0. The zero-order chi connectivity index (χ0) is 17.5. The minimum absolute atomic E-state index is 0. The van der Waals surface area contributed by atoms with Crippen LogP contribution in [0, 0.1) is 0 Å². The topological polar surface area (TPSA) is 3.24 Å². The first-order chi connectivity index (χ1) is 12.2. The van der Waals surface area contributed by atoms with Crippen LogP contribution in [0.15, 0.2) is 91.0 Å². The highest BCUT2D eigenvalue weighted by molar-refractivity contribution is 8.93. The van der Waals surface area contributed by atoms with Crippen LogP contribution in [0.1, 0.15) is 6.42 Å². The molecule has 0 aliphatic carbocycles. The average Bonchev–Trinajstić information content (AvgIpc) is 2.67. The fourth-order valence-corrected chi connectivity index (χ4v) is 7.83. The fourth-order valence-electron chi connectivity index (χ4n) is 3.51. The molecule has 0 aromatic heterocycles. The van der Waals surface area contributed by atoms with Crippen molar-refractivity contribution in [3.63, 3.8) is 0 Å². The Bertz CT molecular complexity index is 667. The van der Waals surface area contributed by atoms with E-state index in [2.05, 4.69) is 110 Å². The van der Waals surface area contributed by atoms with Gasteiger partial charge in [0.25, 0.3) is 0 Å². The van der Waals surface area contributed by atoms with Crippen LogP contribution in [-0.2, 0) is 0 Å². The minimum Gasteiger partial charge on any atom is -1.00 e. The summed E-state index contributed by atoms with van der Waals surface area (Å²) in [5.74, 6) is 0. The Balaban J connectivity index is 0.00000182. The first-order valence-electron chi connectivity index (χ1n) is 8.93. The summed E-state index contributed by atoms with van der Waals surface area (Å²) in [7, 11) is 2.68. The van der Waals surface area contributed by atoms with E-state index in [0.717, 1.165) is 6.54 Å². The van der Waals surface area contributed by atoms with Gasteiger partial charge >= 0.3 is 0 Å². The summed E-state index contributed by atoms with van der Waals surface area (Å²) in [6.45, 7) is 1.12. The third-order valence-electron chi connectivity index (χ3n) is 4.69. The van der Waals surface area contributed by atoms with Crippen LogP contribution in [0.4, 0.5) is 0 Å². The Morgan fingerprint density at radius 3 is 1.26 bits per heavy atom. The smallest absolute Gasteiger partial charge is 0.112 e. The Morgan fingerprint density at radius 1 is 0.630 bits per heavy atom. The highest BCUT2D eigenvalue weighted by Crippen LogP contribution is 2.55. The van der Waals surface area contributed by atoms with Crippen molar-refractivity contribution < 1.29 is 17.0 Å². The summed E-state index contributed by atoms with van der Waals surface area (Å²) in [6.07, 6.45) is 2.39. The zero-order valence-corrected chi connectivity index (χ0v) is 20.2. The molecule has 3 aromatic rings. The second-order valence-electron chi connectivity index (χ2n) is 6.70. The molecule has 0 N–H and O–H groups in total. The van der Waals surface area contributed by atoms with E-state index in [9.17, 15) is 0 Å². The van der Waals surface area contributed by atoms with E-state index in [1.807, 2.05) is 0 Å². The van der Waals surface area contributed by atoms with E-state index in [0.29, 0.717) is 0 Å². The Morgan fingerprint density at radius 2 is 0.963 bits per heavy atom. The van der Waals surface area contributed by atoms with Crippen molar-refractivity contribution in [2.75, 3.05) is 26.8 Å². The van der Waals surface area contributed by atoms with Gasteiger partial charge in [-0.3, -0.25) is 0 Å². The van der Waals surface area contributed by atoms with E-state index in [1.54, 1.807) is 0 Å². The summed E-state index contributed by atoms with van der Waals surface area (Å²) in [5.41, 5.74) is 0. The van der Waals surface area contributed by atoms with Gasteiger partial charge < -0.3 is 21.9 Å². The molecule has 3 aromatic carbocycles. The van der Waals surface area contributed by atoms with Crippen LogP contribution in [0.2, 0.25) is 0 Å². The number of halogens is 2. The largest absolute Gasteiger partial charge is 1.00 e. The minimum atomic E-state index is -1.64. The van der Waals surface area contributed by atoms with Gasteiger partial charge in [-0.05, 0) is 56.9 Å². The van der Waals surface area contributed by atoms with Gasteiger partial charge in [-0.15, -0.1) is 17.0 Å². The highest BCUT2D eigenvalue weighted by Gasteiger charge is 2.44. The molecular weight excluding hydrogens is 481 g/mol. The maximum Gasteiger partial charge on any atom is 0.112 e. The lowest BCUT2D eigenvalue weighted by molar-refractivity contribution is -0.00000514. The summed E-state index contributed by atoms with van der Waals surface area (Å²) in [4.78, 5) is 2.29. The summed E-state index contributed by atoms with van der Waals surface area (Å²) in [6, 6.07) is 33.4. The lowest BCUT2D eigenvalue weighted by atomic mass is 10.3. The molecule has 144 valence electrons. The SMILES string of the molecule is Br.CN(C)CCC[P+](c1ccccc1)(c1ccccc1)c1ccccc1.[Br-]. The lowest BCUT2D eigenvalue weighted by Gasteiger charge is -2.28. The van der Waals surface area contributed by atoms with E-state index in [1.165, 1.54) is 28.5 Å². The van der Waals surface area contributed by atoms with Crippen LogP contribution < -0.4 is 32.9 Å². The summed E-state index contributed by atoms with van der Waals surface area (Å²) < 4.78 is 0. The van der Waals surface area contributed by atoms with Gasteiger partial charge in [0.05, 0.1) is 6.16 Å². The molecule has 27 heavy (non-hydrogen) atoms. The first-order valence-corrected chi connectivity index (χ1v) is 10.9. The predicted octanol–water partition coefficient (Wildman–Crippen LogP) is 1.51. The third kappa shape index (κ3) is 5.74. The highest BCUT2D eigenvalue weighted by atomic mass is 79.9. The van der Waals surface area contributed by atoms with Gasteiger partial charge in [0.2, 0.25) is 0 Å². The fraction of sp³-hybridized carbons (Fsp3) is 0.217. The van der Waals surface area contributed by atoms with E-state index < -0.39 is 7.26 Å². The maximum atomic E-state index is 2.32. The van der Waals surface area contributed by atoms with Crippen molar-refractivity contribution in [1.82, 2.24) is 4.90 Å². The van der Waals surface area contributed by atoms with Crippen molar-refractivity contribution in [3.05, 3.63) is 91.0 Å². The normalized spacial score (nSPS) is 10.8. The molecule has 0 atom stereocenters. The second kappa shape index (κ2) is 11.8. The molecule has 0 spiro atoms. The van der Waals surface area contributed by atoms with Crippen LogP contribution in [0.3, 0.4) is 0 Å². The molecule has 0 amide bonds. The molecule has 0 aliphatic rings. The predicted molar refractivity (Wildman–Crippen MR) is 124 cm³/mol. The second-order valence-corrected chi connectivity index (χ2v) is 10.3. The molecule has 0 radical (unpaired) electrons. The summed E-state index contributed by atoms with van der Waals surface area (Å²) in [5, 5.41) is 4.43. The molecule has 3 rings (SSSR count). The number of nitrogens with zero attached hydrogens (tertiary/aromatic N) is 1. The molecule has 0 bridgehead atoms. The molecule has 0 fully saturated rings. The van der Waals surface area contributed by atoms with Crippen LogP contribution in [-0.4, -0.2) is 31.7 Å². The molecule has 1 nitrogen and oxygen atoms in total. The Kier molecular flexibility index (Phi) is 10.5. The van der Waals surface area contributed by atoms with Crippen molar-refractivity contribution in [3.8, 4) is 0 Å². The van der Waals surface area contributed by atoms with Crippen LogP contribution in [0.25, 0.3) is 0 Å². The Labute approximate surface area is 185 Å². The molecule has 0 aliphatic heterocycles. The van der Waals surface area contributed by atoms with Gasteiger partial charge in [-0.1, -0.05) is 54.6 Å². The molecular formula is C23H28Br2NP. The van der Waals surface area contributed by atoms with Crippen molar-refractivity contribution in [2.45, 2.75) is 6.42 Å². The Hall–Kier alpha value is -0.990. The van der Waals surface area contributed by atoms with Crippen LogP contribution in [0.5, 0.6) is 0 Å². The van der Waals surface area contributed by atoms with Crippen LogP contribution >= 0.6 is 24.2 Å². The standard InChI is InChI=1S/C23H27NP.2BrH/c1-24(2)19-12-20-25(21-13-6-3-7-14-21,22-15-8-4-9-16-22)23-17-10-5-11-18-23;;/h3-11,13-18H,12,19-20H2,1-2H3;2*1H/q+1;;/p-1. The van der Waals surface area contributed by atoms with Gasteiger partial charge in [-0.25, -0.2) is 0 Å². The summed E-state index contributed by atoms with van der Waals surface area (Å²) >= 11 is 0. The van der Waals surface area contributed by atoms with Gasteiger partial charge in [0, 0.05) is 6.54 Å².